The predicted octanol–water partition coefficient (Wildman–Crippen LogP) is 4.94. The van der Waals surface area contributed by atoms with E-state index in [1.165, 1.54) is 18.9 Å². The molecule has 0 aromatic heterocycles. The topological polar surface area (TPSA) is 21.3 Å². The van der Waals surface area contributed by atoms with Gasteiger partial charge in [0.1, 0.15) is 17.3 Å². The van der Waals surface area contributed by atoms with Gasteiger partial charge in [-0.3, -0.25) is 0 Å². The second-order valence-electron chi connectivity index (χ2n) is 5.46. The van der Waals surface area contributed by atoms with E-state index >= 15 is 0 Å². The Labute approximate surface area is 132 Å². The summed E-state index contributed by atoms with van der Waals surface area (Å²) in [5, 5.41) is 3.38. The van der Waals surface area contributed by atoms with E-state index in [4.69, 9.17) is 4.74 Å². The summed E-state index contributed by atoms with van der Waals surface area (Å²) in [7, 11) is 0. The standard InChI is InChI=1S/C17H17BrFNO/c1-11-2-3-13(18)8-17(11)21-16-7-12(6-14(19)9-16)10-20-15-4-5-15/h2-3,6-9,15,20H,4-5,10H2,1H3. The normalized spacial score (nSPS) is 14.2. The molecule has 1 aliphatic carbocycles. The molecule has 1 N–H and O–H groups in total. The summed E-state index contributed by atoms with van der Waals surface area (Å²) in [6.07, 6.45) is 2.44. The van der Waals surface area contributed by atoms with Gasteiger partial charge in [0, 0.05) is 23.1 Å². The fourth-order valence-electron chi connectivity index (χ4n) is 2.14. The maximum atomic E-state index is 13.7. The molecule has 2 nitrogen and oxygen atoms in total. The van der Waals surface area contributed by atoms with Gasteiger partial charge in [0.15, 0.2) is 0 Å². The molecule has 1 fully saturated rings. The molecule has 0 radical (unpaired) electrons. The lowest BCUT2D eigenvalue weighted by Gasteiger charge is -2.11. The highest BCUT2D eigenvalue weighted by molar-refractivity contribution is 9.10. The van der Waals surface area contributed by atoms with Gasteiger partial charge in [-0.2, -0.15) is 0 Å². The molecule has 0 atom stereocenters. The average Bonchev–Trinajstić information content (AvgIpc) is 3.24. The molecule has 0 saturated heterocycles. The Morgan fingerprint density at radius 1 is 1.24 bits per heavy atom. The van der Waals surface area contributed by atoms with Gasteiger partial charge in [-0.25, -0.2) is 4.39 Å². The van der Waals surface area contributed by atoms with Crippen LogP contribution in [0.3, 0.4) is 0 Å². The first-order valence-electron chi connectivity index (χ1n) is 7.07. The third kappa shape index (κ3) is 4.05. The SMILES string of the molecule is Cc1ccc(Br)cc1Oc1cc(F)cc(CNC2CC2)c1. The molecule has 110 valence electrons. The van der Waals surface area contributed by atoms with Crippen LogP contribution in [0.25, 0.3) is 0 Å². The van der Waals surface area contributed by atoms with Crippen molar-refractivity contribution in [1.82, 2.24) is 5.32 Å². The third-order valence-electron chi connectivity index (χ3n) is 3.48. The van der Waals surface area contributed by atoms with Crippen molar-refractivity contribution in [2.75, 3.05) is 0 Å². The van der Waals surface area contributed by atoms with Crippen molar-refractivity contribution in [3.8, 4) is 11.5 Å². The van der Waals surface area contributed by atoms with Crippen LogP contribution in [0, 0.1) is 12.7 Å². The summed E-state index contributed by atoms with van der Waals surface area (Å²) in [5.41, 5.74) is 1.92. The molecule has 2 aromatic carbocycles. The van der Waals surface area contributed by atoms with Gasteiger partial charge in [-0.1, -0.05) is 22.0 Å². The van der Waals surface area contributed by atoms with E-state index in [-0.39, 0.29) is 5.82 Å². The van der Waals surface area contributed by atoms with Crippen LogP contribution in [0.1, 0.15) is 24.0 Å². The summed E-state index contributed by atoms with van der Waals surface area (Å²) < 4.78 is 20.5. The molecule has 0 aliphatic heterocycles. The molecule has 0 bridgehead atoms. The first kappa shape index (κ1) is 14.5. The highest BCUT2D eigenvalue weighted by Crippen LogP contribution is 2.29. The summed E-state index contributed by atoms with van der Waals surface area (Å²) in [4.78, 5) is 0. The van der Waals surface area contributed by atoms with Crippen molar-refractivity contribution in [2.24, 2.45) is 0 Å². The van der Waals surface area contributed by atoms with Crippen LogP contribution in [-0.4, -0.2) is 6.04 Å². The second-order valence-corrected chi connectivity index (χ2v) is 6.38. The molecule has 0 unspecified atom stereocenters. The molecule has 1 saturated carbocycles. The molecule has 3 rings (SSSR count). The number of hydrogen-bond donors (Lipinski definition) is 1. The molecule has 0 spiro atoms. The van der Waals surface area contributed by atoms with E-state index in [1.807, 2.05) is 31.2 Å². The van der Waals surface area contributed by atoms with Crippen LogP contribution in [0.4, 0.5) is 4.39 Å². The van der Waals surface area contributed by atoms with Gasteiger partial charge in [0.2, 0.25) is 0 Å². The van der Waals surface area contributed by atoms with Crippen LogP contribution >= 0.6 is 15.9 Å². The summed E-state index contributed by atoms with van der Waals surface area (Å²) in [6.45, 7) is 2.65. The minimum Gasteiger partial charge on any atom is -0.457 e. The molecule has 2 aromatic rings. The molecular formula is C17H17BrFNO. The first-order valence-corrected chi connectivity index (χ1v) is 7.86. The van der Waals surface area contributed by atoms with E-state index in [2.05, 4.69) is 21.2 Å². The zero-order valence-corrected chi connectivity index (χ0v) is 13.4. The highest BCUT2D eigenvalue weighted by atomic mass is 79.9. The van der Waals surface area contributed by atoms with Gasteiger partial charge in [-0.05, 0) is 55.2 Å². The van der Waals surface area contributed by atoms with Crippen LogP contribution in [-0.2, 0) is 6.54 Å². The molecule has 0 heterocycles. The third-order valence-corrected chi connectivity index (χ3v) is 3.97. The minimum atomic E-state index is -0.271. The maximum absolute atomic E-state index is 13.7. The molecule has 0 amide bonds. The largest absolute Gasteiger partial charge is 0.457 e. The number of benzene rings is 2. The van der Waals surface area contributed by atoms with Crippen LogP contribution < -0.4 is 10.1 Å². The minimum absolute atomic E-state index is 0.271. The number of ether oxygens (including phenoxy) is 1. The Morgan fingerprint density at radius 2 is 2.05 bits per heavy atom. The quantitative estimate of drug-likeness (QED) is 0.825. The van der Waals surface area contributed by atoms with Crippen molar-refractivity contribution in [1.29, 1.82) is 0 Å². The average molecular weight is 350 g/mol. The van der Waals surface area contributed by atoms with Crippen LogP contribution in [0.2, 0.25) is 0 Å². The number of hydrogen-bond acceptors (Lipinski definition) is 2. The Bertz CT molecular complexity index is 655. The number of aryl methyl sites for hydroxylation is 1. The van der Waals surface area contributed by atoms with E-state index in [9.17, 15) is 4.39 Å². The molecular weight excluding hydrogens is 333 g/mol. The number of nitrogens with one attached hydrogen (secondary N) is 1. The number of halogens is 2. The summed E-state index contributed by atoms with van der Waals surface area (Å²) in [6, 6.07) is 11.3. The van der Waals surface area contributed by atoms with Crippen LogP contribution in [0.15, 0.2) is 40.9 Å². The van der Waals surface area contributed by atoms with Crippen LogP contribution in [0.5, 0.6) is 11.5 Å². The van der Waals surface area contributed by atoms with Gasteiger partial charge >= 0.3 is 0 Å². The van der Waals surface area contributed by atoms with E-state index in [0.29, 0.717) is 18.3 Å². The Hall–Kier alpha value is -1.39. The Balaban J connectivity index is 1.78. The molecule has 1 aliphatic rings. The Kier molecular flexibility index (Phi) is 4.27. The van der Waals surface area contributed by atoms with Crippen molar-refractivity contribution in [3.63, 3.8) is 0 Å². The molecule has 4 heteroatoms. The lowest BCUT2D eigenvalue weighted by atomic mass is 10.2. The molecule has 21 heavy (non-hydrogen) atoms. The van der Waals surface area contributed by atoms with E-state index < -0.39 is 0 Å². The monoisotopic (exact) mass is 349 g/mol. The lowest BCUT2D eigenvalue weighted by Crippen LogP contribution is -2.15. The lowest BCUT2D eigenvalue weighted by molar-refractivity contribution is 0.471. The van der Waals surface area contributed by atoms with Gasteiger partial charge < -0.3 is 10.1 Å². The van der Waals surface area contributed by atoms with E-state index in [0.717, 1.165) is 21.3 Å². The zero-order valence-electron chi connectivity index (χ0n) is 11.8. The van der Waals surface area contributed by atoms with Crippen molar-refractivity contribution >= 4 is 15.9 Å². The van der Waals surface area contributed by atoms with Crippen molar-refractivity contribution in [2.45, 2.75) is 32.4 Å². The summed E-state index contributed by atoms with van der Waals surface area (Å²) >= 11 is 3.42. The second kappa shape index (κ2) is 6.16. The fraction of sp³-hybridized carbons (Fsp3) is 0.294. The Morgan fingerprint density at radius 3 is 2.81 bits per heavy atom. The van der Waals surface area contributed by atoms with Crippen molar-refractivity contribution < 1.29 is 9.13 Å². The summed E-state index contributed by atoms with van der Waals surface area (Å²) in [5.74, 6) is 0.993. The maximum Gasteiger partial charge on any atom is 0.131 e. The van der Waals surface area contributed by atoms with Gasteiger partial charge in [0.05, 0.1) is 0 Å². The van der Waals surface area contributed by atoms with Gasteiger partial charge in [-0.15, -0.1) is 0 Å². The smallest absolute Gasteiger partial charge is 0.131 e. The zero-order chi connectivity index (χ0) is 14.8. The van der Waals surface area contributed by atoms with Gasteiger partial charge in [0.25, 0.3) is 0 Å². The highest BCUT2D eigenvalue weighted by Gasteiger charge is 2.20. The first-order chi connectivity index (χ1) is 10.1. The van der Waals surface area contributed by atoms with E-state index in [1.54, 1.807) is 6.07 Å². The van der Waals surface area contributed by atoms with Crippen molar-refractivity contribution in [3.05, 3.63) is 57.8 Å². The number of rotatable bonds is 5. The predicted molar refractivity (Wildman–Crippen MR) is 85.2 cm³/mol. The fourth-order valence-corrected chi connectivity index (χ4v) is 2.48.